The molecule has 0 spiro atoms. The zero-order valence-electron chi connectivity index (χ0n) is 17.7. The molecule has 0 radical (unpaired) electrons. The van der Waals surface area contributed by atoms with Gasteiger partial charge in [-0.05, 0) is 70.2 Å². The Balaban J connectivity index is 1.80. The Kier molecular flexibility index (Phi) is 6.52. The smallest absolute Gasteiger partial charge is 0.242 e. The molecule has 6 nitrogen and oxygen atoms in total. The summed E-state index contributed by atoms with van der Waals surface area (Å²) in [7, 11) is 3.81. The van der Waals surface area contributed by atoms with Crippen LogP contribution < -0.4 is 0 Å². The molecule has 152 valence electrons. The summed E-state index contributed by atoms with van der Waals surface area (Å²) in [4.78, 5) is 20.9. The summed E-state index contributed by atoms with van der Waals surface area (Å²) in [6, 6.07) is 6.30. The summed E-state index contributed by atoms with van der Waals surface area (Å²) < 4.78 is 0. The third-order valence-corrected chi connectivity index (χ3v) is 5.25. The predicted molar refractivity (Wildman–Crippen MR) is 113 cm³/mol. The minimum absolute atomic E-state index is 0.0233. The number of benzene rings is 1. The van der Waals surface area contributed by atoms with Crippen molar-refractivity contribution < 1.29 is 9.68 Å². The van der Waals surface area contributed by atoms with Crippen LogP contribution in [0.25, 0.3) is 0 Å². The van der Waals surface area contributed by atoms with E-state index in [4.69, 9.17) is 9.68 Å². The molecule has 0 N–H and O–H groups in total. The van der Waals surface area contributed by atoms with E-state index in [0.29, 0.717) is 11.8 Å². The molecule has 0 aliphatic carbocycles. The van der Waals surface area contributed by atoms with Gasteiger partial charge < -0.3 is 9.68 Å². The van der Waals surface area contributed by atoms with E-state index in [1.54, 1.807) is 10.1 Å². The standard InChI is InChI=1S/C22H32N4O2/c1-15(2)10-8-7-9-11-18-14-19(21-23-16(3)25(5)27-21)12-13-20(18)22-24-17(4)26(6)28-22/h12-14,16-17H,1,7-11H2,2-6H3. The van der Waals surface area contributed by atoms with Gasteiger partial charge in [0.1, 0.15) is 12.3 Å². The summed E-state index contributed by atoms with van der Waals surface area (Å²) in [6.45, 7) is 10.1. The van der Waals surface area contributed by atoms with E-state index in [9.17, 15) is 0 Å². The van der Waals surface area contributed by atoms with Crippen LogP contribution in [0.15, 0.2) is 40.3 Å². The Morgan fingerprint density at radius 1 is 1.00 bits per heavy atom. The Hall–Kier alpha value is -2.18. The Labute approximate surface area is 168 Å². The number of aliphatic imine (C=N–C) groups is 2. The van der Waals surface area contributed by atoms with Crippen molar-refractivity contribution in [2.24, 2.45) is 9.98 Å². The largest absolute Gasteiger partial charge is 0.384 e. The van der Waals surface area contributed by atoms with Crippen LogP contribution >= 0.6 is 0 Å². The van der Waals surface area contributed by atoms with Crippen LogP contribution in [0.1, 0.15) is 63.1 Å². The van der Waals surface area contributed by atoms with Crippen LogP contribution in [-0.4, -0.2) is 48.3 Å². The second kappa shape index (κ2) is 8.88. The van der Waals surface area contributed by atoms with Gasteiger partial charge in [0.05, 0.1) is 0 Å². The molecule has 2 unspecified atom stereocenters. The molecule has 0 saturated carbocycles. The predicted octanol–water partition coefficient (Wildman–Crippen LogP) is 4.30. The highest BCUT2D eigenvalue weighted by atomic mass is 16.7. The Morgan fingerprint density at radius 2 is 1.64 bits per heavy atom. The van der Waals surface area contributed by atoms with Gasteiger partial charge in [-0.1, -0.05) is 12.0 Å². The molecule has 28 heavy (non-hydrogen) atoms. The number of hydroxylamine groups is 4. The van der Waals surface area contributed by atoms with Gasteiger partial charge in [-0.15, -0.1) is 16.7 Å². The highest BCUT2D eigenvalue weighted by Gasteiger charge is 2.26. The molecule has 2 heterocycles. The highest BCUT2D eigenvalue weighted by Crippen LogP contribution is 2.24. The molecular weight excluding hydrogens is 352 g/mol. The van der Waals surface area contributed by atoms with Gasteiger partial charge in [0.2, 0.25) is 11.8 Å². The first kappa shape index (κ1) is 20.6. The van der Waals surface area contributed by atoms with Crippen molar-refractivity contribution in [1.29, 1.82) is 0 Å². The molecule has 3 rings (SSSR count). The molecule has 2 aliphatic rings. The number of rotatable bonds is 8. The van der Waals surface area contributed by atoms with Crippen molar-refractivity contribution in [2.75, 3.05) is 14.1 Å². The molecule has 0 aromatic heterocycles. The molecule has 1 aromatic rings. The van der Waals surface area contributed by atoms with Crippen LogP contribution in [0.4, 0.5) is 0 Å². The average Bonchev–Trinajstić information content (AvgIpc) is 3.16. The number of hydrogen-bond acceptors (Lipinski definition) is 6. The maximum Gasteiger partial charge on any atom is 0.242 e. The summed E-state index contributed by atoms with van der Waals surface area (Å²) in [5, 5.41) is 3.54. The van der Waals surface area contributed by atoms with Crippen LogP contribution in [0, 0.1) is 0 Å². The van der Waals surface area contributed by atoms with Crippen LogP contribution in [0.2, 0.25) is 0 Å². The molecule has 0 bridgehead atoms. The van der Waals surface area contributed by atoms with Gasteiger partial charge in [0.15, 0.2) is 0 Å². The van der Waals surface area contributed by atoms with Crippen molar-refractivity contribution >= 4 is 11.8 Å². The SMILES string of the molecule is C=C(C)CCCCCc1cc(C2=NC(C)N(C)O2)ccc1C1=NC(C)N(C)O1. The maximum atomic E-state index is 5.86. The molecule has 0 saturated heterocycles. The molecule has 1 aromatic carbocycles. The van der Waals surface area contributed by atoms with Gasteiger partial charge in [-0.25, -0.2) is 9.98 Å². The summed E-state index contributed by atoms with van der Waals surface area (Å²) in [5.74, 6) is 1.36. The van der Waals surface area contributed by atoms with E-state index < -0.39 is 0 Å². The minimum atomic E-state index is 0.0233. The molecule has 0 fully saturated rings. The van der Waals surface area contributed by atoms with Gasteiger partial charge >= 0.3 is 0 Å². The summed E-state index contributed by atoms with van der Waals surface area (Å²) in [6.07, 6.45) is 5.59. The molecular formula is C22H32N4O2. The monoisotopic (exact) mass is 384 g/mol. The number of hydrogen-bond donors (Lipinski definition) is 0. The van der Waals surface area contributed by atoms with E-state index in [2.05, 4.69) is 35.6 Å². The summed E-state index contributed by atoms with van der Waals surface area (Å²) in [5.41, 5.74) is 4.53. The fourth-order valence-electron chi connectivity index (χ4n) is 3.28. The first-order chi connectivity index (χ1) is 13.3. The average molecular weight is 385 g/mol. The Bertz CT molecular complexity index is 787. The summed E-state index contributed by atoms with van der Waals surface area (Å²) >= 11 is 0. The topological polar surface area (TPSA) is 49.7 Å². The number of aryl methyl sites for hydroxylation is 1. The first-order valence-corrected chi connectivity index (χ1v) is 10.1. The lowest BCUT2D eigenvalue weighted by Crippen LogP contribution is -2.22. The zero-order chi connectivity index (χ0) is 20.3. The fraction of sp³-hybridized carbons (Fsp3) is 0.545. The number of nitrogens with zero attached hydrogens (tertiary/aromatic N) is 4. The quantitative estimate of drug-likeness (QED) is 0.495. The fourth-order valence-corrected chi connectivity index (χ4v) is 3.28. The van der Waals surface area contributed by atoms with Crippen molar-refractivity contribution in [3.05, 3.63) is 47.0 Å². The van der Waals surface area contributed by atoms with E-state index in [-0.39, 0.29) is 12.3 Å². The maximum absolute atomic E-state index is 5.86. The van der Waals surface area contributed by atoms with Gasteiger partial charge in [-0.2, -0.15) is 0 Å². The molecule has 2 atom stereocenters. The van der Waals surface area contributed by atoms with Crippen molar-refractivity contribution in [1.82, 2.24) is 10.1 Å². The van der Waals surface area contributed by atoms with Gasteiger partial charge in [0, 0.05) is 25.2 Å². The lowest BCUT2D eigenvalue weighted by molar-refractivity contribution is -0.0505. The zero-order valence-corrected chi connectivity index (χ0v) is 17.7. The number of allylic oxidation sites excluding steroid dienone is 1. The van der Waals surface area contributed by atoms with Crippen molar-refractivity contribution in [2.45, 2.75) is 65.2 Å². The molecule has 2 aliphatic heterocycles. The van der Waals surface area contributed by atoms with Crippen LogP contribution in [0.5, 0.6) is 0 Å². The van der Waals surface area contributed by atoms with Crippen molar-refractivity contribution in [3.8, 4) is 0 Å². The minimum Gasteiger partial charge on any atom is -0.384 e. The van der Waals surface area contributed by atoms with Gasteiger partial charge in [-0.3, -0.25) is 0 Å². The van der Waals surface area contributed by atoms with E-state index in [1.807, 2.05) is 34.0 Å². The lowest BCUT2D eigenvalue weighted by Gasteiger charge is -2.15. The van der Waals surface area contributed by atoms with Crippen molar-refractivity contribution in [3.63, 3.8) is 0 Å². The third kappa shape index (κ3) is 4.80. The number of unbranched alkanes of at least 4 members (excludes halogenated alkanes) is 2. The van der Waals surface area contributed by atoms with Crippen LogP contribution in [-0.2, 0) is 16.1 Å². The highest BCUT2D eigenvalue weighted by molar-refractivity contribution is 5.99. The normalized spacial score (nSPS) is 22.6. The molecule has 0 amide bonds. The van der Waals surface area contributed by atoms with E-state index in [1.165, 1.54) is 24.0 Å². The third-order valence-electron chi connectivity index (χ3n) is 5.25. The van der Waals surface area contributed by atoms with E-state index >= 15 is 0 Å². The van der Waals surface area contributed by atoms with Crippen LogP contribution in [0.3, 0.4) is 0 Å². The first-order valence-electron chi connectivity index (χ1n) is 10.1. The molecule has 6 heteroatoms. The second-order valence-corrected chi connectivity index (χ2v) is 7.80. The van der Waals surface area contributed by atoms with Gasteiger partial charge in [0.25, 0.3) is 0 Å². The lowest BCUT2D eigenvalue weighted by atomic mass is 9.97. The Morgan fingerprint density at radius 3 is 2.21 bits per heavy atom. The van der Waals surface area contributed by atoms with E-state index in [0.717, 1.165) is 30.4 Å². The second-order valence-electron chi connectivity index (χ2n) is 7.80.